The minimum absolute atomic E-state index is 0.181. The van der Waals surface area contributed by atoms with Crippen LogP contribution in [0.5, 0.6) is 0 Å². The quantitative estimate of drug-likeness (QED) is 0.846. The van der Waals surface area contributed by atoms with E-state index in [1.807, 2.05) is 6.20 Å². The van der Waals surface area contributed by atoms with Gasteiger partial charge in [0.1, 0.15) is 0 Å². The lowest BCUT2D eigenvalue weighted by molar-refractivity contribution is 0.288. The number of nitrogens with one attached hydrogen (secondary N) is 1. The van der Waals surface area contributed by atoms with Crippen LogP contribution in [0.3, 0.4) is 0 Å². The SMILES string of the molecule is CCn1nccc1C1(CC(C)C)CCCN1. The van der Waals surface area contributed by atoms with E-state index in [0.29, 0.717) is 5.92 Å². The van der Waals surface area contributed by atoms with Crippen molar-refractivity contribution in [3.8, 4) is 0 Å². The summed E-state index contributed by atoms with van der Waals surface area (Å²) in [6, 6.07) is 2.18. The molecule has 1 N–H and O–H groups in total. The van der Waals surface area contributed by atoms with Gasteiger partial charge in [-0.05, 0) is 44.7 Å². The molecule has 1 atom stereocenters. The van der Waals surface area contributed by atoms with E-state index in [0.717, 1.165) is 13.1 Å². The molecule has 90 valence electrons. The molecular weight excluding hydrogens is 198 g/mol. The van der Waals surface area contributed by atoms with Crippen molar-refractivity contribution in [1.82, 2.24) is 15.1 Å². The van der Waals surface area contributed by atoms with Crippen LogP contribution in [0.15, 0.2) is 12.3 Å². The van der Waals surface area contributed by atoms with Crippen molar-refractivity contribution in [2.45, 2.75) is 52.1 Å². The molecule has 0 amide bonds. The average Bonchev–Trinajstić information content (AvgIpc) is 2.84. The van der Waals surface area contributed by atoms with Crippen LogP contribution in [0.4, 0.5) is 0 Å². The lowest BCUT2D eigenvalue weighted by atomic mass is 9.84. The standard InChI is InChI=1S/C13H23N3/c1-4-16-12(6-9-15-16)13(10-11(2)3)7-5-8-14-13/h6,9,11,14H,4-5,7-8,10H2,1-3H3. The minimum atomic E-state index is 0.181. The molecule has 1 saturated heterocycles. The number of aromatic nitrogens is 2. The van der Waals surface area contributed by atoms with Crippen LogP contribution >= 0.6 is 0 Å². The summed E-state index contributed by atoms with van der Waals surface area (Å²) >= 11 is 0. The highest BCUT2D eigenvalue weighted by Gasteiger charge is 2.38. The Labute approximate surface area is 98.2 Å². The third-order valence-corrected chi connectivity index (χ3v) is 3.51. The molecule has 0 bridgehead atoms. The molecule has 0 aliphatic carbocycles. The third-order valence-electron chi connectivity index (χ3n) is 3.51. The van der Waals surface area contributed by atoms with Crippen molar-refractivity contribution in [3.63, 3.8) is 0 Å². The summed E-state index contributed by atoms with van der Waals surface area (Å²) in [6.45, 7) is 8.86. The maximum Gasteiger partial charge on any atom is 0.0608 e. The molecule has 1 fully saturated rings. The van der Waals surface area contributed by atoms with Gasteiger partial charge in [0, 0.05) is 12.7 Å². The van der Waals surface area contributed by atoms with Crippen LogP contribution in [0.25, 0.3) is 0 Å². The fraction of sp³-hybridized carbons (Fsp3) is 0.769. The summed E-state index contributed by atoms with van der Waals surface area (Å²) in [7, 11) is 0. The Hall–Kier alpha value is -0.830. The van der Waals surface area contributed by atoms with Crippen LogP contribution in [-0.4, -0.2) is 16.3 Å². The maximum atomic E-state index is 4.41. The molecule has 1 unspecified atom stereocenters. The molecule has 1 aliphatic heterocycles. The van der Waals surface area contributed by atoms with E-state index >= 15 is 0 Å². The predicted octanol–water partition coefficient (Wildman–Crippen LogP) is 2.53. The summed E-state index contributed by atoms with van der Waals surface area (Å²) in [5.74, 6) is 0.714. The zero-order valence-corrected chi connectivity index (χ0v) is 10.7. The first-order valence-electron chi connectivity index (χ1n) is 6.45. The number of nitrogens with zero attached hydrogens (tertiary/aromatic N) is 2. The summed E-state index contributed by atoms with van der Waals surface area (Å²) in [5.41, 5.74) is 1.56. The Morgan fingerprint density at radius 2 is 2.38 bits per heavy atom. The van der Waals surface area contributed by atoms with E-state index in [-0.39, 0.29) is 5.54 Å². The molecule has 2 rings (SSSR count). The van der Waals surface area contributed by atoms with Crippen molar-refractivity contribution < 1.29 is 0 Å². The van der Waals surface area contributed by atoms with Crippen molar-refractivity contribution in [2.75, 3.05) is 6.54 Å². The topological polar surface area (TPSA) is 29.9 Å². The van der Waals surface area contributed by atoms with Gasteiger partial charge in [0.25, 0.3) is 0 Å². The average molecular weight is 221 g/mol. The first-order chi connectivity index (χ1) is 7.68. The number of rotatable bonds is 4. The largest absolute Gasteiger partial charge is 0.306 e. The zero-order valence-electron chi connectivity index (χ0n) is 10.7. The normalized spacial score (nSPS) is 25.5. The van der Waals surface area contributed by atoms with Crippen LogP contribution in [0, 0.1) is 5.92 Å². The van der Waals surface area contributed by atoms with Crippen molar-refractivity contribution in [2.24, 2.45) is 5.92 Å². The van der Waals surface area contributed by atoms with Gasteiger partial charge in [0.2, 0.25) is 0 Å². The molecule has 0 radical (unpaired) electrons. The fourth-order valence-corrected chi connectivity index (χ4v) is 2.99. The predicted molar refractivity (Wildman–Crippen MR) is 66.3 cm³/mol. The Morgan fingerprint density at radius 1 is 1.56 bits per heavy atom. The van der Waals surface area contributed by atoms with Gasteiger partial charge in [0.05, 0.1) is 11.2 Å². The second kappa shape index (κ2) is 4.58. The molecule has 2 heterocycles. The van der Waals surface area contributed by atoms with E-state index < -0.39 is 0 Å². The molecule has 0 spiro atoms. The highest BCUT2D eigenvalue weighted by molar-refractivity contribution is 5.17. The van der Waals surface area contributed by atoms with Crippen LogP contribution < -0.4 is 5.32 Å². The lowest BCUT2D eigenvalue weighted by Crippen LogP contribution is -2.40. The molecule has 1 aromatic rings. The van der Waals surface area contributed by atoms with Gasteiger partial charge in [-0.25, -0.2) is 0 Å². The van der Waals surface area contributed by atoms with E-state index in [9.17, 15) is 0 Å². The molecule has 1 aliphatic rings. The van der Waals surface area contributed by atoms with Gasteiger partial charge in [-0.2, -0.15) is 5.10 Å². The minimum Gasteiger partial charge on any atom is -0.306 e. The van der Waals surface area contributed by atoms with E-state index in [4.69, 9.17) is 0 Å². The van der Waals surface area contributed by atoms with Gasteiger partial charge in [0.15, 0.2) is 0 Å². The Morgan fingerprint density at radius 3 is 2.94 bits per heavy atom. The van der Waals surface area contributed by atoms with Crippen LogP contribution in [-0.2, 0) is 12.1 Å². The fourth-order valence-electron chi connectivity index (χ4n) is 2.99. The Bertz CT molecular complexity index is 335. The molecule has 3 heteroatoms. The summed E-state index contributed by atoms with van der Waals surface area (Å²) in [6.07, 6.45) is 5.66. The second-order valence-corrected chi connectivity index (χ2v) is 5.24. The van der Waals surface area contributed by atoms with E-state index in [1.165, 1.54) is 25.0 Å². The zero-order chi connectivity index (χ0) is 11.6. The molecule has 3 nitrogen and oxygen atoms in total. The first-order valence-corrected chi connectivity index (χ1v) is 6.45. The van der Waals surface area contributed by atoms with Gasteiger partial charge >= 0.3 is 0 Å². The Balaban J connectivity index is 2.31. The summed E-state index contributed by atoms with van der Waals surface area (Å²) in [4.78, 5) is 0. The smallest absolute Gasteiger partial charge is 0.0608 e. The number of hydrogen-bond donors (Lipinski definition) is 1. The van der Waals surface area contributed by atoms with Gasteiger partial charge < -0.3 is 5.32 Å². The highest BCUT2D eigenvalue weighted by atomic mass is 15.3. The van der Waals surface area contributed by atoms with Gasteiger partial charge in [-0.1, -0.05) is 13.8 Å². The highest BCUT2D eigenvalue weighted by Crippen LogP contribution is 2.36. The monoisotopic (exact) mass is 221 g/mol. The summed E-state index contributed by atoms with van der Waals surface area (Å²) < 4.78 is 2.14. The van der Waals surface area contributed by atoms with Crippen molar-refractivity contribution >= 4 is 0 Å². The van der Waals surface area contributed by atoms with E-state index in [1.54, 1.807) is 0 Å². The molecule has 1 aromatic heterocycles. The van der Waals surface area contributed by atoms with Crippen LogP contribution in [0.2, 0.25) is 0 Å². The van der Waals surface area contributed by atoms with Crippen molar-refractivity contribution in [3.05, 3.63) is 18.0 Å². The maximum absolute atomic E-state index is 4.41. The molecule has 0 saturated carbocycles. The molecule has 16 heavy (non-hydrogen) atoms. The summed E-state index contributed by atoms with van der Waals surface area (Å²) in [5, 5.41) is 8.13. The van der Waals surface area contributed by atoms with Gasteiger partial charge in [-0.3, -0.25) is 4.68 Å². The Kier molecular flexibility index (Phi) is 3.33. The van der Waals surface area contributed by atoms with Crippen molar-refractivity contribution in [1.29, 1.82) is 0 Å². The third kappa shape index (κ3) is 2.01. The van der Waals surface area contributed by atoms with E-state index in [2.05, 4.69) is 41.9 Å². The molecular formula is C13H23N3. The molecule has 0 aromatic carbocycles. The van der Waals surface area contributed by atoms with Gasteiger partial charge in [-0.15, -0.1) is 0 Å². The lowest BCUT2D eigenvalue weighted by Gasteiger charge is -2.32. The first kappa shape index (κ1) is 11.6. The van der Waals surface area contributed by atoms with Crippen LogP contribution in [0.1, 0.15) is 45.7 Å². The number of aryl methyl sites for hydroxylation is 1. The number of hydrogen-bond acceptors (Lipinski definition) is 2. The second-order valence-electron chi connectivity index (χ2n) is 5.24.